The summed E-state index contributed by atoms with van der Waals surface area (Å²) in [5.41, 5.74) is 2.44. The maximum absolute atomic E-state index is 13.3. The number of hydrogen-bond donors (Lipinski definition) is 2. The van der Waals surface area contributed by atoms with Crippen molar-refractivity contribution in [1.29, 1.82) is 0 Å². The molecule has 3 aromatic rings. The van der Waals surface area contributed by atoms with E-state index in [2.05, 4.69) is 15.5 Å². The van der Waals surface area contributed by atoms with Gasteiger partial charge in [0.05, 0.1) is 18.2 Å². The number of rotatable bonds is 5. The summed E-state index contributed by atoms with van der Waals surface area (Å²) in [7, 11) is 1.40. The van der Waals surface area contributed by atoms with Crippen LogP contribution in [0, 0.1) is 0 Å². The molecule has 2 aromatic carbocycles. The number of anilines is 1. The fourth-order valence-corrected chi connectivity index (χ4v) is 3.36. The van der Waals surface area contributed by atoms with Crippen LogP contribution < -0.4 is 10.2 Å². The molecule has 0 aliphatic heterocycles. The van der Waals surface area contributed by atoms with E-state index >= 15 is 0 Å². The van der Waals surface area contributed by atoms with Gasteiger partial charge < -0.3 is 9.84 Å². The van der Waals surface area contributed by atoms with E-state index in [0.29, 0.717) is 16.1 Å². The Bertz CT molecular complexity index is 1000. The number of phenols is 1. The molecule has 0 aliphatic rings. The molecule has 5 nitrogen and oxygen atoms in total. The first-order chi connectivity index (χ1) is 13.3. The topological polar surface area (TPSA) is 66.7 Å². The van der Waals surface area contributed by atoms with Gasteiger partial charge in [0.1, 0.15) is 0 Å². The SMILES string of the molecule is COc1cc(/C=N\Nc2nc(C(F)(F)F)c(-c3ccc(Cl)cc3)s2)ccc1O. The van der Waals surface area contributed by atoms with Crippen LogP contribution in [0.4, 0.5) is 18.3 Å². The summed E-state index contributed by atoms with van der Waals surface area (Å²) in [5, 5.41) is 13.9. The van der Waals surface area contributed by atoms with E-state index in [9.17, 15) is 18.3 Å². The van der Waals surface area contributed by atoms with Crippen molar-refractivity contribution in [2.75, 3.05) is 12.5 Å². The number of hydrogen-bond acceptors (Lipinski definition) is 6. The minimum atomic E-state index is -4.61. The second kappa shape index (κ2) is 8.07. The molecule has 0 aliphatic carbocycles. The predicted molar refractivity (Wildman–Crippen MR) is 103 cm³/mol. The van der Waals surface area contributed by atoms with Gasteiger partial charge in [0.2, 0.25) is 5.13 Å². The number of halogens is 4. The molecular formula is C18H13ClF3N3O2S. The first kappa shape index (κ1) is 20.0. The number of aromatic nitrogens is 1. The predicted octanol–water partition coefficient (Wildman–Crippen LogP) is 5.64. The Morgan fingerprint density at radius 3 is 2.57 bits per heavy atom. The number of ether oxygens (including phenoxy) is 1. The van der Waals surface area contributed by atoms with Gasteiger partial charge in [-0.3, -0.25) is 5.43 Å². The number of phenolic OH excluding ortho intramolecular Hbond substituents is 1. The van der Waals surface area contributed by atoms with Gasteiger partial charge in [0.15, 0.2) is 17.2 Å². The molecule has 0 amide bonds. The zero-order chi connectivity index (χ0) is 20.3. The summed E-state index contributed by atoms with van der Waals surface area (Å²) in [6.07, 6.45) is -3.24. The first-order valence-corrected chi connectivity index (χ1v) is 8.97. The summed E-state index contributed by atoms with van der Waals surface area (Å²) in [6.45, 7) is 0. The molecule has 0 radical (unpaired) electrons. The summed E-state index contributed by atoms with van der Waals surface area (Å²) < 4.78 is 45.0. The molecule has 0 unspecified atom stereocenters. The van der Waals surface area contributed by atoms with Crippen LogP contribution in [0.2, 0.25) is 5.02 Å². The lowest BCUT2D eigenvalue weighted by atomic mass is 10.1. The fraction of sp³-hybridized carbons (Fsp3) is 0.111. The van der Waals surface area contributed by atoms with Crippen molar-refractivity contribution in [3.63, 3.8) is 0 Å². The van der Waals surface area contributed by atoms with Gasteiger partial charge in [0.25, 0.3) is 0 Å². The van der Waals surface area contributed by atoms with Crippen LogP contribution in [-0.2, 0) is 6.18 Å². The number of methoxy groups -OCH3 is 1. The number of alkyl halides is 3. The van der Waals surface area contributed by atoms with Crippen LogP contribution in [0.1, 0.15) is 11.3 Å². The van der Waals surface area contributed by atoms with Gasteiger partial charge in [-0.2, -0.15) is 18.3 Å². The standard InChI is InChI=1S/C18H13ClF3N3O2S/c1-27-14-8-10(2-7-13(14)26)9-23-25-17-24-16(18(20,21)22)15(28-17)11-3-5-12(19)6-4-11/h2-9,26H,1H3,(H,24,25)/b23-9-. The second-order valence-electron chi connectivity index (χ2n) is 5.50. The minimum Gasteiger partial charge on any atom is -0.504 e. The number of aromatic hydroxyl groups is 1. The van der Waals surface area contributed by atoms with Crippen molar-refractivity contribution in [1.82, 2.24) is 4.98 Å². The highest BCUT2D eigenvalue weighted by molar-refractivity contribution is 7.19. The molecule has 2 N–H and O–H groups in total. The number of nitrogens with zero attached hydrogens (tertiary/aromatic N) is 2. The summed E-state index contributed by atoms with van der Waals surface area (Å²) in [6, 6.07) is 10.6. The average Bonchev–Trinajstić information content (AvgIpc) is 3.08. The van der Waals surface area contributed by atoms with Crippen molar-refractivity contribution in [3.8, 4) is 21.9 Å². The second-order valence-corrected chi connectivity index (χ2v) is 6.94. The Balaban J connectivity index is 1.86. The Hall–Kier alpha value is -2.78. The molecule has 1 aromatic heterocycles. The van der Waals surface area contributed by atoms with Gasteiger partial charge >= 0.3 is 6.18 Å². The van der Waals surface area contributed by atoms with E-state index < -0.39 is 11.9 Å². The molecule has 0 fully saturated rings. The largest absolute Gasteiger partial charge is 0.504 e. The van der Waals surface area contributed by atoms with E-state index in [4.69, 9.17) is 16.3 Å². The van der Waals surface area contributed by atoms with Gasteiger partial charge in [-0.05, 0) is 41.5 Å². The smallest absolute Gasteiger partial charge is 0.434 e. The molecular weight excluding hydrogens is 415 g/mol. The van der Waals surface area contributed by atoms with Crippen molar-refractivity contribution in [2.24, 2.45) is 5.10 Å². The number of benzene rings is 2. The molecule has 146 valence electrons. The molecule has 0 atom stereocenters. The third-order valence-electron chi connectivity index (χ3n) is 3.58. The number of hydrazone groups is 1. The van der Waals surface area contributed by atoms with Crippen LogP contribution in [-0.4, -0.2) is 23.4 Å². The van der Waals surface area contributed by atoms with Crippen LogP contribution in [0.5, 0.6) is 11.5 Å². The maximum atomic E-state index is 13.3. The zero-order valence-electron chi connectivity index (χ0n) is 14.3. The highest BCUT2D eigenvalue weighted by Crippen LogP contribution is 2.42. The van der Waals surface area contributed by atoms with E-state index in [0.717, 1.165) is 11.3 Å². The van der Waals surface area contributed by atoms with Crippen molar-refractivity contribution < 1.29 is 23.0 Å². The lowest BCUT2D eigenvalue weighted by Crippen LogP contribution is -2.07. The molecule has 10 heteroatoms. The normalized spacial score (nSPS) is 11.8. The van der Waals surface area contributed by atoms with Crippen molar-refractivity contribution in [3.05, 3.63) is 58.7 Å². The van der Waals surface area contributed by atoms with E-state index in [-0.39, 0.29) is 21.5 Å². The Morgan fingerprint density at radius 2 is 1.93 bits per heavy atom. The quantitative estimate of drug-likeness (QED) is 0.408. The third kappa shape index (κ3) is 4.55. The number of nitrogens with one attached hydrogen (secondary N) is 1. The Kier molecular flexibility index (Phi) is 5.76. The van der Waals surface area contributed by atoms with Gasteiger partial charge in [-0.1, -0.05) is 35.1 Å². The van der Waals surface area contributed by atoms with Crippen LogP contribution in [0.15, 0.2) is 47.6 Å². The highest BCUT2D eigenvalue weighted by atomic mass is 35.5. The van der Waals surface area contributed by atoms with E-state index in [1.165, 1.54) is 49.7 Å². The molecule has 28 heavy (non-hydrogen) atoms. The summed E-state index contributed by atoms with van der Waals surface area (Å²) in [5.74, 6) is 0.220. The van der Waals surface area contributed by atoms with E-state index in [1.807, 2.05) is 0 Å². The monoisotopic (exact) mass is 427 g/mol. The highest BCUT2D eigenvalue weighted by Gasteiger charge is 2.38. The maximum Gasteiger partial charge on any atom is 0.434 e. The molecule has 0 bridgehead atoms. The molecule has 0 saturated heterocycles. The van der Waals surface area contributed by atoms with Crippen LogP contribution >= 0.6 is 22.9 Å². The Labute approximate surface area is 167 Å². The summed E-state index contributed by atoms with van der Waals surface area (Å²) >= 11 is 6.63. The lowest BCUT2D eigenvalue weighted by Gasteiger charge is -2.05. The fourth-order valence-electron chi connectivity index (χ4n) is 2.29. The summed E-state index contributed by atoms with van der Waals surface area (Å²) in [4.78, 5) is 3.60. The molecule has 0 spiro atoms. The van der Waals surface area contributed by atoms with Gasteiger partial charge in [-0.25, -0.2) is 4.98 Å². The lowest BCUT2D eigenvalue weighted by molar-refractivity contribution is -0.140. The van der Waals surface area contributed by atoms with Crippen LogP contribution in [0.25, 0.3) is 10.4 Å². The molecule has 3 rings (SSSR count). The van der Waals surface area contributed by atoms with Crippen LogP contribution in [0.3, 0.4) is 0 Å². The van der Waals surface area contributed by atoms with Crippen molar-refractivity contribution in [2.45, 2.75) is 6.18 Å². The molecule has 0 saturated carbocycles. The van der Waals surface area contributed by atoms with E-state index in [1.54, 1.807) is 6.07 Å². The Morgan fingerprint density at radius 1 is 1.21 bits per heavy atom. The van der Waals surface area contributed by atoms with Gasteiger partial charge in [-0.15, -0.1) is 0 Å². The average molecular weight is 428 g/mol. The number of thiazole rings is 1. The van der Waals surface area contributed by atoms with Crippen molar-refractivity contribution >= 4 is 34.3 Å². The third-order valence-corrected chi connectivity index (χ3v) is 4.84. The zero-order valence-corrected chi connectivity index (χ0v) is 15.9. The minimum absolute atomic E-state index is 0.0146. The molecule has 1 heterocycles. The van der Waals surface area contributed by atoms with Gasteiger partial charge in [0, 0.05) is 5.02 Å². The first-order valence-electron chi connectivity index (χ1n) is 7.78.